The van der Waals surface area contributed by atoms with E-state index in [4.69, 9.17) is 4.74 Å². The molecule has 162 valence electrons. The Hall–Kier alpha value is -3.10. The van der Waals surface area contributed by atoms with Crippen molar-refractivity contribution < 1.29 is 14.6 Å². The molecule has 0 radical (unpaired) electrons. The zero-order valence-corrected chi connectivity index (χ0v) is 17.9. The second-order valence-corrected chi connectivity index (χ2v) is 8.28. The highest BCUT2D eigenvalue weighted by atomic mass is 16.5. The summed E-state index contributed by atoms with van der Waals surface area (Å²) in [4.78, 5) is 33.1. The number of nitrogens with zero attached hydrogens (tertiary/aromatic N) is 3. The number of hydrogen-bond acceptors (Lipinski definition) is 7. The number of fused-ring (bicyclic) bond motifs is 1. The zero-order valence-electron chi connectivity index (χ0n) is 17.9. The molecule has 0 amide bonds. The summed E-state index contributed by atoms with van der Waals surface area (Å²) in [5.74, 6) is 0.637. The van der Waals surface area contributed by atoms with Gasteiger partial charge in [0, 0.05) is 61.1 Å². The number of nitrogens with one attached hydrogen (secondary N) is 1. The number of carbonyl (C=O) groups is 1. The largest absolute Gasteiger partial charge is 0.384 e. The van der Waals surface area contributed by atoms with E-state index in [-0.39, 0.29) is 17.6 Å². The number of methoxy groups -OCH3 is 1. The number of anilines is 1. The van der Waals surface area contributed by atoms with Gasteiger partial charge in [-0.15, -0.1) is 0 Å². The number of rotatable bonds is 8. The maximum atomic E-state index is 13.1. The van der Waals surface area contributed by atoms with E-state index >= 15 is 0 Å². The number of aldehydes is 1. The lowest BCUT2D eigenvalue weighted by Crippen LogP contribution is -2.20. The van der Waals surface area contributed by atoms with Crippen LogP contribution in [0.5, 0.6) is 0 Å². The van der Waals surface area contributed by atoms with Crippen LogP contribution in [-0.2, 0) is 16.6 Å². The first-order chi connectivity index (χ1) is 14.9. The molecule has 3 heterocycles. The normalized spacial score (nSPS) is 15.6. The van der Waals surface area contributed by atoms with E-state index in [1.165, 1.54) is 7.11 Å². The van der Waals surface area contributed by atoms with Crippen LogP contribution in [0.2, 0.25) is 0 Å². The summed E-state index contributed by atoms with van der Waals surface area (Å²) in [6.07, 6.45) is 5.33. The molecule has 0 saturated heterocycles. The first-order valence-corrected chi connectivity index (χ1v) is 10.2. The summed E-state index contributed by atoms with van der Waals surface area (Å²) in [6, 6.07) is 5.42. The minimum absolute atomic E-state index is 0.147. The molecule has 3 aromatic rings. The average Bonchev–Trinajstić information content (AvgIpc) is 3.56. The molecule has 0 unspecified atom stereocenters. The SMILES string of the molecule is COC[C@H](O)c1cc(C)c(-c2cc3cnc(NCC4(C=O)CC4)cc3n(C)c2=O)cn1. The molecule has 2 N–H and O–H groups in total. The number of aliphatic hydroxyl groups is 1. The Morgan fingerprint density at radius 2 is 2.03 bits per heavy atom. The van der Waals surface area contributed by atoms with Gasteiger partial charge in [-0.3, -0.25) is 9.78 Å². The number of ether oxygens (including phenoxy) is 1. The first-order valence-electron chi connectivity index (χ1n) is 10.2. The summed E-state index contributed by atoms with van der Waals surface area (Å²) >= 11 is 0. The molecule has 1 saturated carbocycles. The minimum atomic E-state index is -0.818. The summed E-state index contributed by atoms with van der Waals surface area (Å²) in [5, 5.41) is 14.1. The van der Waals surface area contributed by atoms with E-state index in [1.807, 2.05) is 19.1 Å². The van der Waals surface area contributed by atoms with Gasteiger partial charge in [-0.2, -0.15) is 0 Å². The fourth-order valence-electron chi connectivity index (χ4n) is 3.70. The van der Waals surface area contributed by atoms with Crippen LogP contribution in [-0.4, -0.2) is 46.2 Å². The van der Waals surface area contributed by atoms with Gasteiger partial charge in [-0.1, -0.05) is 0 Å². The maximum absolute atomic E-state index is 13.1. The minimum Gasteiger partial charge on any atom is -0.384 e. The molecule has 1 fully saturated rings. The van der Waals surface area contributed by atoms with Crippen molar-refractivity contribution in [2.75, 3.05) is 25.6 Å². The molecule has 0 aliphatic heterocycles. The molecular weight excluding hydrogens is 396 g/mol. The van der Waals surface area contributed by atoms with E-state index < -0.39 is 6.10 Å². The average molecular weight is 422 g/mol. The highest BCUT2D eigenvalue weighted by Crippen LogP contribution is 2.43. The summed E-state index contributed by atoms with van der Waals surface area (Å²) in [7, 11) is 3.25. The molecule has 1 aliphatic rings. The zero-order chi connectivity index (χ0) is 22.2. The Kier molecular flexibility index (Phi) is 5.60. The third kappa shape index (κ3) is 4.08. The van der Waals surface area contributed by atoms with Crippen molar-refractivity contribution in [3.63, 3.8) is 0 Å². The molecule has 3 aromatic heterocycles. The Labute approximate surface area is 179 Å². The summed E-state index contributed by atoms with van der Waals surface area (Å²) < 4.78 is 6.57. The predicted octanol–water partition coefficient (Wildman–Crippen LogP) is 2.37. The molecule has 0 aromatic carbocycles. The third-order valence-corrected chi connectivity index (χ3v) is 5.96. The number of aryl methyl sites for hydroxylation is 2. The van der Waals surface area contributed by atoms with Gasteiger partial charge in [0.1, 0.15) is 18.2 Å². The van der Waals surface area contributed by atoms with Crippen LogP contribution in [0.4, 0.5) is 5.82 Å². The van der Waals surface area contributed by atoms with E-state index in [1.54, 1.807) is 30.1 Å². The van der Waals surface area contributed by atoms with Gasteiger partial charge in [0.25, 0.3) is 5.56 Å². The molecular formula is C23H26N4O4. The van der Waals surface area contributed by atoms with Gasteiger partial charge in [0.05, 0.1) is 17.8 Å². The lowest BCUT2D eigenvalue weighted by molar-refractivity contribution is -0.111. The summed E-state index contributed by atoms with van der Waals surface area (Å²) in [6.45, 7) is 2.59. The van der Waals surface area contributed by atoms with Crippen molar-refractivity contribution >= 4 is 23.0 Å². The quantitative estimate of drug-likeness (QED) is 0.537. The maximum Gasteiger partial charge on any atom is 0.258 e. The predicted molar refractivity (Wildman–Crippen MR) is 118 cm³/mol. The number of carbonyl (C=O) groups excluding carboxylic acids is 1. The highest BCUT2D eigenvalue weighted by Gasteiger charge is 2.42. The smallest absolute Gasteiger partial charge is 0.258 e. The van der Waals surface area contributed by atoms with Crippen molar-refractivity contribution in [1.82, 2.24) is 14.5 Å². The van der Waals surface area contributed by atoms with Gasteiger partial charge >= 0.3 is 0 Å². The number of aliphatic hydroxyl groups excluding tert-OH is 1. The number of pyridine rings is 3. The Morgan fingerprint density at radius 1 is 1.26 bits per heavy atom. The molecule has 0 bridgehead atoms. The fraction of sp³-hybridized carbons (Fsp3) is 0.391. The monoisotopic (exact) mass is 422 g/mol. The fourth-order valence-corrected chi connectivity index (χ4v) is 3.70. The Balaban J connectivity index is 1.68. The van der Waals surface area contributed by atoms with Gasteiger partial charge < -0.3 is 24.5 Å². The van der Waals surface area contributed by atoms with Crippen LogP contribution in [0, 0.1) is 12.3 Å². The molecule has 8 heteroatoms. The lowest BCUT2D eigenvalue weighted by Gasteiger charge is -2.15. The number of aromatic nitrogens is 3. The molecule has 1 atom stereocenters. The molecule has 8 nitrogen and oxygen atoms in total. The Bertz CT molecular complexity index is 1200. The van der Waals surface area contributed by atoms with Gasteiger partial charge in [0.2, 0.25) is 0 Å². The summed E-state index contributed by atoms with van der Waals surface area (Å²) in [5.41, 5.74) is 2.91. The molecule has 4 rings (SSSR count). The van der Waals surface area contributed by atoms with E-state index in [0.29, 0.717) is 29.2 Å². The molecule has 0 spiro atoms. The van der Waals surface area contributed by atoms with Crippen LogP contribution >= 0.6 is 0 Å². The topological polar surface area (TPSA) is 106 Å². The standard InChI is InChI=1S/C23H26N4O4/c1-14-6-18(20(29)11-31-3)24-10-17(14)16-7-15-9-25-21(8-19(15)27(2)22(16)30)26-12-23(13-28)4-5-23/h6-10,13,20,29H,4-5,11-12H2,1-3H3,(H,25,26)/t20-/m0/s1. The van der Waals surface area contributed by atoms with Crippen molar-refractivity contribution in [3.8, 4) is 11.1 Å². The second kappa shape index (κ2) is 8.20. The van der Waals surface area contributed by atoms with Crippen molar-refractivity contribution in [3.05, 3.63) is 52.2 Å². The van der Waals surface area contributed by atoms with Crippen LogP contribution in [0.25, 0.3) is 22.0 Å². The first kappa shape index (κ1) is 21.1. The molecule has 1 aliphatic carbocycles. The van der Waals surface area contributed by atoms with Crippen molar-refractivity contribution in [2.24, 2.45) is 12.5 Å². The van der Waals surface area contributed by atoms with E-state index in [0.717, 1.165) is 35.6 Å². The van der Waals surface area contributed by atoms with Crippen LogP contribution in [0.1, 0.15) is 30.2 Å². The highest BCUT2D eigenvalue weighted by molar-refractivity contribution is 5.85. The van der Waals surface area contributed by atoms with Gasteiger partial charge in [0.15, 0.2) is 0 Å². The lowest BCUT2D eigenvalue weighted by atomic mass is 10.0. The van der Waals surface area contributed by atoms with Crippen molar-refractivity contribution in [1.29, 1.82) is 0 Å². The third-order valence-electron chi connectivity index (χ3n) is 5.96. The van der Waals surface area contributed by atoms with Gasteiger partial charge in [-0.05, 0) is 37.5 Å². The van der Waals surface area contributed by atoms with Crippen LogP contribution in [0.3, 0.4) is 0 Å². The van der Waals surface area contributed by atoms with Gasteiger partial charge in [-0.25, -0.2) is 4.98 Å². The second-order valence-electron chi connectivity index (χ2n) is 8.28. The van der Waals surface area contributed by atoms with Crippen LogP contribution in [0.15, 0.2) is 35.4 Å². The van der Waals surface area contributed by atoms with Crippen molar-refractivity contribution in [2.45, 2.75) is 25.9 Å². The van der Waals surface area contributed by atoms with Crippen LogP contribution < -0.4 is 10.9 Å². The van der Waals surface area contributed by atoms with E-state index in [9.17, 15) is 14.7 Å². The van der Waals surface area contributed by atoms with E-state index in [2.05, 4.69) is 15.3 Å². The number of hydrogen-bond donors (Lipinski definition) is 2. The molecule has 31 heavy (non-hydrogen) atoms. The Morgan fingerprint density at radius 3 is 2.68 bits per heavy atom.